The van der Waals surface area contributed by atoms with Crippen LogP contribution in [0.2, 0.25) is 0 Å². The molecular weight excluding hydrogens is 185 g/mol. The minimum atomic E-state index is -0.479. The Labute approximate surface area is 81.9 Å². The van der Waals surface area contributed by atoms with Gasteiger partial charge in [0.05, 0.1) is 12.8 Å². The van der Waals surface area contributed by atoms with E-state index < -0.39 is 5.82 Å². The van der Waals surface area contributed by atoms with Gasteiger partial charge in [0, 0.05) is 5.56 Å². The Hall–Kier alpha value is -1.39. The van der Waals surface area contributed by atoms with Gasteiger partial charge in [-0.2, -0.15) is 0 Å². The number of anilines is 1. The molecule has 0 aliphatic carbocycles. The van der Waals surface area contributed by atoms with Crippen LogP contribution in [0.25, 0.3) is 5.57 Å². The van der Waals surface area contributed by atoms with Crippen molar-refractivity contribution in [2.45, 2.75) is 6.92 Å². The Morgan fingerprint density at radius 3 is 2.71 bits per heavy atom. The predicted molar refractivity (Wildman–Crippen MR) is 54.0 cm³/mol. The first-order valence-electron chi connectivity index (χ1n) is 4.03. The standard InChI is InChI=1S/C10H11FNO2/c1-7(2)10-8(11)5-4-6-9(10)12(13)14-3/h4-6H,1H2,2-3H3/q-1. The van der Waals surface area contributed by atoms with Crippen LogP contribution in [0.5, 0.6) is 0 Å². The van der Waals surface area contributed by atoms with Crippen molar-refractivity contribution >= 4 is 11.3 Å². The molecule has 0 saturated heterocycles. The Kier molecular flexibility index (Phi) is 3.22. The molecule has 0 atom stereocenters. The number of rotatable bonds is 3. The summed E-state index contributed by atoms with van der Waals surface area (Å²) in [5.74, 6) is -0.479. The highest BCUT2D eigenvalue weighted by Gasteiger charge is 2.09. The molecule has 0 amide bonds. The first-order chi connectivity index (χ1) is 6.57. The molecule has 1 aromatic carbocycles. The highest BCUT2D eigenvalue weighted by atomic mass is 19.1. The van der Waals surface area contributed by atoms with Gasteiger partial charge in [-0.1, -0.05) is 12.6 Å². The third kappa shape index (κ3) is 1.92. The number of hydrogen-bond acceptors (Lipinski definition) is 3. The van der Waals surface area contributed by atoms with Gasteiger partial charge < -0.3 is 10.4 Å². The summed E-state index contributed by atoms with van der Waals surface area (Å²) in [6.07, 6.45) is 0. The summed E-state index contributed by atoms with van der Waals surface area (Å²) >= 11 is 0. The van der Waals surface area contributed by atoms with E-state index in [1.165, 1.54) is 25.3 Å². The number of hydrogen-bond donors (Lipinski definition) is 0. The van der Waals surface area contributed by atoms with Crippen molar-refractivity contribution in [1.29, 1.82) is 0 Å². The molecule has 1 aromatic rings. The second-order valence-corrected chi connectivity index (χ2v) is 2.85. The lowest BCUT2D eigenvalue weighted by Gasteiger charge is -2.29. The van der Waals surface area contributed by atoms with Crippen LogP contribution in [-0.4, -0.2) is 7.11 Å². The second-order valence-electron chi connectivity index (χ2n) is 2.85. The van der Waals surface area contributed by atoms with Crippen molar-refractivity contribution in [3.63, 3.8) is 0 Å². The van der Waals surface area contributed by atoms with E-state index in [1.54, 1.807) is 6.92 Å². The number of benzene rings is 1. The number of allylic oxidation sites excluding steroid dienone is 1. The third-order valence-corrected chi connectivity index (χ3v) is 1.78. The molecule has 14 heavy (non-hydrogen) atoms. The molecule has 0 bridgehead atoms. The molecule has 76 valence electrons. The largest absolute Gasteiger partial charge is 0.733 e. The molecule has 0 unspecified atom stereocenters. The van der Waals surface area contributed by atoms with Gasteiger partial charge in [-0.15, -0.1) is 0 Å². The van der Waals surface area contributed by atoms with Crippen LogP contribution in [-0.2, 0) is 4.84 Å². The maximum atomic E-state index is 13.3. The molecule has 0 spiro atoms. The Morgan fingerprint density at radius 1 is 1.57 bits per heavy atom. The van der Waals surface area contributed by atoms with Crippen LogP contribution in [0.3, 0.4) is 0 Å². The van der Waals surface area contributed by atoms with Crippen LogP contribution >= 0.6 is 0 Å². The topological polar surface area (TPSA) is 35.5 Å². The van der Waals surface area contributed by atoms with E-state index in [0.717, 1.165) is 0 Å². The van der Waals surface area contributed by atoms with E-state index in [-0.39, 0.29) is 16.5 Å². The van der Waals surface area contributed by atoms with Gasteiger partial charge in [-0.3, -0.25) is 4.84 Å². The summed E-state index contributed by atoms with van der Waals surface area (Å²) in [4.78, 5) is 4.45. The second kappa shape index (κ2) is 4.21. The molecule has 1 rings (SSSR count). The average molecular weight is 196 g/mol. The van der Waals surface area contributed by atoms with Crippen LogP contribution in [0.4, 0.5) is 10.1 Å². The van der Waals surface area contributed by atoms with Crippen LogP contribution in [0.15, 0.2) is 24.8 Å². The zero-order chi connectivity index (χ0) is 10.7. The smallest absolute Gasteiger partial charge is 0.132 e. The first-order valence-corrected chi connectivity index (χ1v) is 4.03. The van der Waals surface area contributed by atoms with E-state index in [9.17, 15) is 9.60 Å². The lowest BCUT2D eigenvalue weighted by Crippen LogP contribution is -2.14. The van der Waals surface area contributed by atoms with E-state index in [2.05, 4.69) is 11.4 Å². The van der Waals surface area contributed by atoms with Crippen molar-refractivity contribution in [3.05, 3.63) is 41.4 Å². The fourth-order valence-electron chi connectivity index (χ4n) is 1.19. The molecule has 0 aliphatic heterocycles. The number of nitrogens with zero attached hydrogens (tertiary/aromatic N) is 1. The summed E-state index contributed by atoms with van der Waals surface area (Å²) in [7, 11) is 1.22. The first kappa shape index (κ1) is 10.7. The van der Waals surface area contributed by atoms with E-state index in [0.29, 0.717) is 5.57 Å². The van der Waals surface area contributed by atoms with Crippen molar-refractivity contribution in [2.75, 3.05) is 12.3 Å². The summed E-state index contributed by atoms with van der Waals surface area (Å²) in [6.45, 7) is 5.23. The minimum Gasteiger partial charge on any atom is -0.733 e. The highest BCUT2D eigenvalue weighted by Crippen LogP contribution is 2.28. The van der Waals surface area contributed by atoms with Crippen molar-refractivity contribution in [2.24, 2.45) is 0 Å². The monoisotopic (exact) mass is 196 g/mol. The lowest BCUT2D eigenvalue weighted by atomic mass is 10.1. The van der Waals surface area contributed by atoms with Gasteiger partial charge in [0.25, 0.3) is 0 Å². The summed E-state index contributed by atoms with van der Waals surface area (Å²) in [5, 5.41) is 11.4. The summed E-state index contributed by atoms with van der Waals surface area (Å²) in [5.41, 5.74) is 0.792. The van der Waals surface area contributed by atoms with Gasteiger partial charge >= 0.3 is 0 Å². The van der Waals surface area contributed by atoms with Gasteiger partial charge in [0.1, 0.15) is 5.82 Å². The SMILES string of the molecule is C=C(C)c1c(F)cccc1N([O-])OC. The minimum absolute atomic E-state index is 0.125. The van der Waals surface area contributed by atoms with E-state index >= 15 is 0 Å². The van der Waals surface area contributed by atoms with Crippen LogP contribution < -0.4 is 5.23 Å². The van der Waals surface area contributed by atoms with Gasteiger partial charge in [0.15, 0.2) is 0 Å². The molecule has 0 fully saturated rings. The quantitative estimate of drug-likeness (QED) is 0.697. The van der Waals surface area contributed by atoms with Crippen LogP contribution in [0.1, 0.15) is 12.5 Å². The van der Waals surface area contributed by atoms with Gasteiger partial charge in [-0.25, -0.2) is 4.39 Å². The van der Waals surface area contributed by atoms with Gasteiger partial charge in [-0.05, 0) is 24.6 Å². The number of halogens is 1. The Bertz CT molecular complexity index is 352. The fraction of sp³-hybridized carbons (Fsp3) is 0.200. The normalized spacial score (nSPS) is 10.0. The zero-order valence-corrected chi connectivity index (χ0v) is 8.08. The fourth-order valence-corrected chi connectivity index (χ4v) is 1.19. The maximum absolute atomic E-state index is 13.3. The molecule has 0 saturated carbocycles. The average Bonchev–Trinajstić information content (AvgIpc) is 2.15. The van der Waals surface area contributed by atoms with E-state index in [1.807, 2.05) is 0 Å². The highest BCUT2D eigenvalue weighted by molar-refractivity contribution is 5.74. The Balaban J connectivity index is 3.28. The van der Waals surface area contributed by atoms with Crippen LogP contribution in [0, 0.1) is 11.0 Å². The molecule has 0 aromatic heterocycles. The summed E-state index contributed by atoms with van der Waals surface area (Å²) in [6, 6.07) is 4.20. The molecule has 0 aliphatic rings. The van der Waals surface area contributed by atoms with Crippen molar-refractivity contribution in [3.8, 4) is 0 Å². The molecular formula is C10H11FNO2-. The molecule has 0 radical (unpaired) electrons. The van der Waals surface area contributed by atoms with Gasteiger partial charge in [0.2, 0.25) is 0 Å². The van der Waals surface area contributed by atoms with Crippen molar-refractivity contribution < 1.29 is 9.23 Å². The van der Waals surface area contributed by atoms with Crippen molar-refractivity contribution in [1.82, 2.24) is 0 Å². The molecule has 4 heteroatoms. The van der Waals surface area contributed by atoms with E-state index in [4.69, 9.17) is 0 Å². The Morgan fingerprint density at radius 2 is 2.21 bits per heavy atom. The molecule has 0 N–H and O–H groups in total. The third-order valence-electron chi connectivity index (χ3n) is 1.78. The predicted octanol–water partition coefficient (Wildman–Crippen LogP) is 2.72. The summed E-state index contributed by atoms with van der Waals surface area (Å²) < 4.78 is 13.3. The molecule has 0 heterocycles. The maximum Gasteiger partial charge on any atom is 0.132 e. The zero-order valence-electron chi connectivity index (χ0n) is 8.08. The molecule has 3 nitrogen and oxygen atoms in total. The lowest BCUT2D eigenvalue weighted by molar-refractivity contribution is 0.197.